The van der Waals surface area contributed by atoms with E-state index < -0.39 is 5.97 Å². The summed E-state index contributed by atoms with van der Waals surface area (Å²) in [6.45, 7) is 1.95. The number of H-pyrrole nitrogens is 2. The smallest absolute Gasteiger partial charge is 0.344 e. The molecule has 0 bridgehead atoms. The highest BCUT2D eigenvalue weighted by atomic mass is 32.2. The molecule has 3 aromatic carbocycles. The Morgan fingerprint density at radius 2 is 1.67 bits per heavy atom. The van der Waals surface area contributed by atoms with Gasteiger partial charge in [0.1, 0.15) is 0 Å². The number of carboxylic acids is 1. The van der Waals surface area contributed by atoms with Gasteiger partial charge in [-0.1, -0.05) is 60.3 Å². The number of benzene rings is 3. The number of carboxylic acid groups (broad SMARTS) is 1. The van der Waals surface area contributed by atoms with Crippen LogP contribution in [-0.4, -0.2) is 36.7 Å². The highest BCUT2D eigenvalue weighted by Gasteiger charge is 2.19. The highest BCUT2D eigenvalue weighted by molar-refractivity contribution is 7.98. The summed E-state index contributed by atoms with van der Waals surface area (Å²) >= 11 is 2.40. The van der Waals surface area contributed by atoms with Crippen molar-refractivity contribution in [1.82, 2.24) is 19.3 Å². The van der Waals surface area contributed by atoms with Crippen LogP contribution in [0.4, 0.5) is 0 Å². The standard InChI is InChI=1S/C24H18N4O3S2/c1-12-17(11-18(22(29)30)20-19(12)25-23(26-20)32-2)14-9-7-13(8-10-14)15-5-3-4-6-16(15)21-27-24(31)33-28-21/h3-11H,1-2H3,(H,25,26)(H,29,30)(H,27,28,31). The Morgan fingerprint density at radius 3 is 2.27 bits per heavy atom. The Labute approximate surface area is 196 Å². The molecule has 3 N–H and O–H groups in total. The summed E-state index contributed by atoms with van der Waals surface area (Å²) in [5, 5.41) is 10.5. The molecular formula is C24H18N4O3S2. The minimum Gasteiger partial charge on any atom is -0.478 e. The maximum Gasteiger partial charge on any atom is 0.344 e. The third-order valence-electron chi connectivity index (χ3n) is 5.55. The molecule has 2 heterocycles. The predicted molar refractivity (Wildman–Crippen MR) is 132 cm³/mol. The van der Waals surface area contributed by atoms with Crippen LogP contribution >= 0.6 is 23.3 Å². The van der Waals surface area contributed by atoms with Gasteiger partial charge in [-0.15, -0.1) is 0 Å². The van der Waals surface area contributed by atoms with E-state index in [0.29, 0.717) is 22.0 Å². The van der Waals surface area contributed by atoms with E-state index in [0.717, 1.165) is 44.9 Å². The summed E-state index contributed by atoms with van der Waals surface area (Å²) in [4.78, 5) is 35.0. The van der Waals surface area contributed by atoms with Gasteiger partial charge in [0.05, 0.1) is 16.6 Å². The number of carbonyl (C=O) groups is 1. The minimum atomic E-state index is -1.000. The number of nitrogens with one attached hydrogen (secondary N) is 2. The van der Waals surface area contributed by atoms with Gasteiger partial charge in [-0.05, 0) is 47.1 Å². The molecule has 0 fully saturated rings. The van der Waals surface area contributed by atoms with Gasteiger partial charge in [-0.3, -0.25) is 9.17 Å². The summed E-state index contributed by atoms with van der Waals surface area (Å²) in [6, 6.07) is 17.4. The molecular weight excluding hydrogens is 456 g/mol. The second-order valence-corrected chi connectivity index (χ2v) is 8.98. The van der Waals surface area contributed by atoms with E-state index >= 15 is 0 Å². The Bertz CT molecular complexity index is 1570. The average Bonchev–Trinajstić information content (AvgIpc) is 3.46. The molecule has 5 rings (SSSR count). The largest absolute Gasteiger partial charge is 0.478 e. The molecule has 0 aliphatic rings. The van der Waals surface area contributed by atoms with Crippen molar-refractivity contribution in [3.05, 3.63) is 75.4 Å². The molecule has 0 amide bonds. The van der Waals surface area contributed by atoms with Crippen molar-refractivity contribution in [2.24, 2.45) is 0 Å². The lowest BCUT2D eigenvalue weighted by molar-refractivity contribution is 0.0699. The SMILES string of the molecule is CSc1nc2c(C)c(-c3ccc(-c4ccccc4-c4nc(=O)s[nH]4)cc3)cc(C(=O)O)c2[nH]1. The lowest BCUT2D eigenvalue weighted by Gasteiger charge is -2.11. The van der Waals surface area contributed by atoms with E-state index in [1.165, 1.54) is 11.8 Å². The molecule has 7 nitrogen and oxygen atoms in total. The number of aromatic amines is 2. The van der Waals surface area contributed by atoms with Crippen LogP contribution in [-0.2, 0) is 0 Å². The molecule has 0 radical (unpaired) electrons. The first kappa shape index (κ1) is 21.2. The average molecular weight is 475 g/mol. The molecule has 0 spiro atoms. The van der Waals surface area contributed by atoms with Gasteiger partial charge < -0.3 is 10.1 Å². The molecule has 164 valence electrons. The number of fused-ring (bicyclic) bond motifs is 1. The van der Waals surface area contributed by atoms with E-state index in [-0.39, 0.29) is 10.4 Å². The van der Waals surface area contributed by atoms with Crippen LogP contribution in [0.3, 0.4) is 0 Å². The van der Waals surface area contributed by atoms with Gasteiger partial charge in [0, 0.05) is 17.1 Å². The van der Waals surface area contributed by atoms with E-state index in [9.17, 15) is 14.7 Å². The number of aromatic carboxylic acids is 1. The number of imidazole rings is 1. The number of nitrogens with zero attached hydrogens (tertiary/aromatic N) is 2. The lowest BCUT2D eigenvalue weighted by Crippen LogP contribution is -2.00. The molecule has 0 aliphatic heterocycles. The zero-order chi connectivity index (χ0) is 23.1. The lowest BCUT2D eigenvalue weighted by atomic mass is 9.93. The molecule has 33 heavy (non-hydrogen) atoms. The fraction of sp³-hybridized carbons (Fsp3) is 0.0833. The fourth-order valence-corrected chi connectivity index (χ4v) is 4.81. The molecule has 0 saturated heterocycles. The van der Waals surface area contributed by atoms with Gasteiger partial charge in [0.25, 0.3) is 0 Å². The zero-order valence-electron chi connectivity index (χ0n) is 17.7. The number of aromatic nitrogens is 4. The minimum absolute atomic E-state index is 0.195. The van der Waals surface area contributed by atoms with Crippen molar-refractivity contribution in [2.75, 3.05) is 6.26 Å². The van der Waals surface area contributed by atoms with Crippen molar-refractivity contribution >= 4 is 40.3 Å². The van der Waals surface area contributed by atoms with Crippen molar-refractivity contribution in [1.29, 1.82) is 0 Å². The molecule has 0 aliphatic carbocycles. The van der Waals surface area contributed by atoms with E-state index in [4.69, 9.17) is 0 Å². The maximum absolute atomic E-state index is 11.9. The van der Waals surface area contributed by atoms with Crippen LogP contribution in [0, 0.1) is 6.92 Å². The first-order chi connectivity index (χ1) is 16.0. The van der Waals surface area contributed by atoms with Gasteiger partial charge in [0.2, 0.25) is 0 Å². The van der Waals surface area contributed by atoms with Crippen LogP contribution in [0.15, 0.2) is 64.5 Å². The number of rotatable bonds is 5. The summed E-state index contributed by atoms with van der Waals surface area (Å²) < 4.78 is 2.97. The Balaban J connectivity index is 1.61. The maximum atomic E-state index is 11.9. The molecule has 9 heteroatoms. The number of aryl methyl sites for hydroxylation is 1. The zero-order valence-corrected chi connectivity index (χ0v) is 19.3. The van der Waals surface area contributed by atoms with Gasteiger partial charge >= 0.3 is 10.8 Å². The Hall–Kier alpha value is -3.69. The molecule has 0 unspecified atom stereocenters. The summed E-state index contributed by atoms with van der Waals surface area (Å²) in [6.07, 6.45) is 1.90. The van der Waals surface area contributed by atoms with Crippen molar-refractivity contribution < 1.29 is 9.90 Å². The van der Waals surface area contributed by atoms with Crippen molar-refractivity contribution in [3.63, 3.8) is 0 Å². The van der Waals surface area contributed by atoms with Crippen LogP contribution in [0.5, 0.6) is 0 Å². The van der Waals surface area contributed by atoms with Crippen LogP contribution in [0.2, 0.25) is 0 Å². The van der Waals surface area contributed by atoms with Crippen molar-refractivity contribution in [3.8, 4) is 33.6 Å². The number of hydrogen-bond donors (Lipinski definition) is 3. The highest BCUT2D eigenvalue weighted by Crippen LogP contribution is 2.35. The summed E-state index contributed by atoms with van der Waals surface area (Å²) in [5.74, 6) is -0.458. The summed E-state index contributed by atoms with van der Waals surface area (Å²) in [7, 11) is 0. The first-order valence-corrected chi connectivity index (χ1v) is 12.1. The van der Waals surface area contributed by atoms with Gasteiger partial charge in [-0.2, -0.15) is 4.98 Å². The Morgan fingerprint density at radius 1 is 1.00 bits per heavy atom. The monoisotopic (exact) mass is 474 g/mol. The van der Waals surface area contributed by atoms with Crippen molar-refractivity contribution in [2.45, 2.75) is 12.1 Å². The first-order valence-electron chi connectivity index (χ1n) is 10.0. The van der Waals surface area contributed by atoms with Crippen LogP contribution < -0.4 is 4.87 Å². The normalized spacial score (nSPS) is 11.2. The molecule has 0 saturated carbocycles. The second-order valence-electron chi connectivity index (χ2n) is 7.42. The predicted octanol–water partition coefficient (Wildman–Crippen LogP) is 5.44. The van der Waals surface area contributed by atoms with Crippen LogP contribution in [0.1, 0.15) is 15.9 Å². The quantitative estimate of drug-likeness (QED) is 0.293. The molecule has 0 atom stereocenters. The number of thioether (sulfide) groups is 1. The Kier molecular flexibility index (Phi) is 5.35. The van der Waals surface area contributed by atoms with E-state index in [1.807, 2.05) is 61.7 Å². The van der Waals surface area contributed by atoms with E-state index in [1.54, 1.807) is 6.07 Å². The topological polar surface area (TPSA) is 112 Å². The molecule has 5 aromatic rings. The fourth-order valence-electron chi connectivity index (χ4n) is 3.95. The molecule has 2 aromatic heterocycles. The third-order valence-corrected chi connectivity index (χ3v) is 6.69. The third kappa shape index (κ3) is 3.75. The van der Waals surface area contributed by atoms with Gasteiger partial charge in [0.15, 0.2) is 11.0 Å². The van der Waals surface area contributed by atoms with Gasteiger partial charge in [-0.25, -0.2) is 9.78 Å². The summed E-state index contributed by atoms with van der Waals surface area (Å²) in [5.41, 5.74) is 6.78. The number of hydrogen-bond acceptors (Lipinski definition) is 6. The van der Waals surface area contributed by atoms with E-state index in [2.05, 4.69) is 19.3 Å². The van der Waals surface area contributed by atoms with Crippen LogP contribution in [0.25, 0.3) is 44.7 Å². The second kappa shape index (κ2) is 8.34.